The molecule has 0 rings (SSSR count). The number of allylic oxidation sites excluding steroid dienone is 1. The molecule has 0 N–H and O–H groups in total. The zero-order valence-electron chi connectivity index (χ0n) is 19.3. The molecule has 0 aromatic rings. The van der Waals surface area contributed by atoms with Crippen LogP contribution in [0.25, 0.3) is 0 Å². The van der Waals surface area contributed by atoms with Gasteiger partial charge in [0, 0.05) is 7.11 Å². The third-order valence-electron chi connectivity index (χ3n) is 4.46. The van der Waals surface area contributed by atoms with Crippen molar-refractivity contribution >= 4 is 7.82 Å². The van der Waals surface area contributed by atoms with Gasteiger partial charge in [0.1, 0.15) is 25.9 Å². The molecule has 2 unspecified atom stereocenters. The molecule has 174 valence electrons. The summed E-state index contributed by atoms with van der Waals surface area (Å²) in [5.74, 6) is 0. The first-order valence-electron chi connectivity index (χ1n) is 10.9. The van der Waals surface area contributed by atoms with Crippen molar-refractivity contribution in [2.45, 2.75) is 70.8 Å². The lowest BCUT2D eigenvalue weighted by Gasteiger charge is -2.28. The van der Waals surface area contributed by atoms with Crippen LogP contribution >= 0.6 is 7.82 Å². The van der Waals surface area contributed by atoms with Crippen LogP contribution in [0.15, 0.2) is 12.3 Å². The average Bonchev–Trinajstić information content (AvgIpc) is 2.63. The van der Waals surface area contributed by atoms with Gasteiger partial charge in [0.15, 0.2) is 0 Å². The highest BCUT2D eigenvalue weighted by Crippen LogP contribution is 2.38. The van der Waals surface area contributed by atoms with Gasteiger partial charge in [-0.25, -0.2) is 0 Å². The largest absolute Gasteiger partial charge is 0.756 e. The van der Waals surface area contributed by atoms with Crippen LogP contribution in [0.2, 0.25) is 0 Å². The van der Waals surface area contributed by atoms with Gasteiger partial charge in [-0.1, -0.05) is 51.9 Å². The molecule has 0 amide bonds. The number of ether oxygens (including phenoxy) is 2. The second-order valence-electron chi connectivity index (χ2n) is 8.42. The Morgan fingerprint density at radius 2 is 1.59 bits per heavy atom. The van der Waals surface area contributed by atoms with Crippen molar-refractivity contribution in [2.24, 2.45) is 0 Å². The first-order valence-corrected chi connectivity index (χ1v) is 12.4. The summed E-state index contributed by atoms with van der Waals surface area (Å²) in [5, 5.41) is 0. The molecule has 0 heterocycles. The number of methoxy groups -OCH3 is 1. The molecule has 0 radical (unpaired) electrons. The lowest BCUT2D eigenvalue weighted by Crippen LogP contribution is -2.37. The summed E-state index contributed by atoms with van der Waals surface area (Å²) in [6, 6.07) is 0. The highest BCUT2D eigenvalue weighted by atomic mass is 31.2. The van der Waals surface area contributed by atoms with Gasteiger partial charge >= 0.3 is 0 Å². The summed E-state index contributed by atoms with van der Waals surface area (Å²) in [4.78, 5) is 11.8. The number of rotatable bonds is 20. The normalized spacial score (nSPS) is 15.5. The number of hydrogen-bond acceptors (Lipinski definition) is 6. The van der Waals surface area contributed by atoms with E-state index in [-0.39, 0.29) is 19.8 Å². The zero-order chi connectivity index (χ0) is 22.0. The summed E-state index contributed by atoms with van der Waals surface area (Å²) in [6.45, 7) is 2.98. The lowest BCUT2D eigenvalue weighted by atomic mass is 10.1. The molecule has 0 spiro atoms. The van der Waals surface area contributed by atoms with Crippen molar-refractivity contribution in [1.29, 1.82) is 0 Å². The van der Waals surface area contributed by atoms with Crippen LogP contribution in [-0.2, 0) is 23.1 Å². The van der Waals surface area contributed by atoms with Gasteiger partial charge in [0.05, 0.1) is 34.0 Å². The molecule has 0 bridgehead atoms. The van der Waals surface area contributed by atoms with E-state index in [0.717, 1.165) is 12.8 Å². The van der Waals surface area contributed by atoms with Crippen LogP contribution in [0.3, 0.4) is 0 Å². The van der Waals surface area contributed by atoms with Gasteiger partial charge in [-0.05, 0) is 18.9 Å². The fourth-order valence-corrected chi connectivity index (χ4v) is 3.25. The molecular formula is C21H44NO6P. The van der Waals surface area contributed by atoms with Gasteiger partial charge in [0.2, 0.25) is 0 Å². The number of phosphoric ester groups is 1. The maximum absolute atomic E-state index is 11.8. The summed E-state index contributed by atoms with van der Waals surface area (Å²) in [6.07, 6.45) is 14.6. The summed E-state index contributed by atoms with van der Waals surface area (Å²) in [7, 11) is 3.04. The summed E-state index contributed by atoms with van der Waals surface area (Å²) in [5.41, 5.74) is 0. The van der Waals surface area contributed by atoms with Crippen LogP contribution in [0.4, 0.5) is 0 Å². The molecule has 8 heteroatoms. The molecular weight excluding hydrogens is 393 g/mol. The molecule has 0 saturated heterocycles. The van der Waals surface area contributed by atoms with Crippen molar-refractivity contribution in [1.82, 2.24) is 0 Å². The van der Waals surface area contributed by atoms with Crippen molar-refractivity contribution in [2.75, 3.05) is 54.6 Å². The van der Waals surface area contributed by atoms with Crippen molar-refractivity contribution in [3.63, 3.8) is 0 Å². The fourth-order valence-electron chi connectivity index (χ4n) is 2.52. The van der Waals surface area contributed by atoms with Gasteiger partial charge < -0.3 is 27.9 Å². The molecule has 7 nitrogen and oxygen atoms in total. The summed E-state index contributed by atoms with van der Waals surface area (Å²) >= 11 is 0. The Morgan fingerprint density at radius 3 is 2.17 bits per heavy atom. The monoisotopic (exact) mass is 437 g/mol. The van der Waals surface area contributed by atoms with E-state index in [9.17, 15) is 9.46 Å². The van der Waals surface area contributed by atoms with Gasteiger partial charge in [0.25, 0.3) is 7.82 Å². The van der Waals surface area contributed by atoms with E-state index in [1.165, 1.54) is 52.1 Å². The number of unbranched alkanes of at least 4 members (excludes halogenated alkanes) is 8. The molecule has 0 fully saturated rings. The van der Waals surface area contributed by atoms with Gasteiger partial charge in [-0.3, -0.25) is 4.57 Å². The van der Waals surface area contributed by atoms with Gasteiger partial charge in [-0.2, -0.15) is 0 Å². The zero-order valence-corrected chi connectivity index (χ0v) is 20.2. The number of phosphoric acid groups is 1. The van der Waals surface area contributed by atoms with Crippen LogP contribution in [0.5, 0.6) is 0 Å². The fraction of sp³-hybridized carbons (Fsp3) is 0.905. The molecule has 0 aliphatic heterocycles. The highest BCUT2D eigenvalue weighted by molar-refractivity contribution is 7.45. The molecule has 29 heavy (non-hydrogen) atoms. The summed E-state index contributed by atoms with van der Waals surface area (Å²) < 4.78 is 32.8. The second-order valence-corrected chi connectivity index (χ2v) is 9.83. The van der Waals surface area contributed by atoms with E-state index < -0.39 is 13.9 Å². The Labute approximate surface area is 178 Å². The van der Waals surface area contributed by atoms with Crippen molar-refractivity contribution in [3.05, 3.63) is 12.3 Å². The van der Waals surface area contributed by atoms with E-state index in [1.807, 2.05) is 27.2 Å². The smallest absolute Gasteiger partial charge is 0.268 e. The van der Waals surface area contributed by atoms with Crippen LogP contribution < -0.4 is 4.89 Å². The predicted molar refractivity (Wildman–Crippen MR) is 116 cm³/mol. The standard InChI is InChI=1S/C21H44NO6P/c1-6-7-8-9-10-11-12-13-14-15-17-26-19-21(25-5)20-28-29(23,24)27-18-16-22(2,3)4/h15,17,21H,6-14,16,18-20H2,1-5H3. The van der Waals surface area contributed by atoms with E-state index in [4.69, 9.17) is 18.5 Å². The Hall–Kier alpha value is -0.430. The number of quaternary nitrogens is 1. The van der Waals surface area contributed by atoms with E-state index in [0.29, 0.717) is 11.0 Å². The Balaban J connectivity index is 3.77. The Kier molecular flexibility index (Phi) is 17.0. The van der Waals surface area contributed by atoms with E-state index in [1.54, 1.807) is 6.26 Å². The number of nitrogens with zero attached hydrogens (tertiary/aromatic N) is 1. The van der Waals surface area contributed by atoms with Gasteiger partial charge in [-0.15, -0.1) is 0 Å². The number of hydrogen-bond donors (Lipinski definition) is 0. The van der Waals surface area contributed by atoms with Crippen LogP contribution in [0, 0.1) is 0 Å². The van der Waals surface area contributed by atoms with E-state index >= 15 is 0 Å². The maximum atomic E-state index is 11.8. The Bertz CT molecular complexity index is 453. The van der Waals surface area contributed by atoms with Crippen LogP contribution in [0.1, 0.15) is 64.7 Å². The first kappa shape index (κ1) is 28.6. The number of likely N-dealkylation sites (N-methyl/N-ethyl adjacent to an activating group) is 1. The minimum atomic E-state index is -4.33. The van der Waals surface area contributed by atoms with Crippen LogP contribution in [-0.4, -0.2) is 65.2 Å². The third-order valence-corrected chi connectivity index (χ3v) is 5.43. The predicted octanol–water partition coefficient (Wildman–Crippen LogP) is 4.27. The molecule has 0 aromatic heterocycles. The molecule has 0 aliphatic carbocycles. The Morgan fingerprint density at radius 1 is 0.966 bits per heavy atom. The van der Waals surface area contributed by atoms with E-state index in [2.05, 4.69) is 6.92 Å². The quantitative estimate of drug-likeness (QED) is 0.123. The molecule has 0 aromatic carbocycles. The van der Waals surface area contributed by atoms with Crippen molar-refractivity contribution < 1.29 is 32.5 Å². The highest BCUT2D eigenvalue weighted by Gasteiger charge is 2.16. The SMILES string of the molecule is CCCCCCCCCCC=COCC(COP(=O)([O-])OCC[N+](C)(C)C)OC. The molecule has 2 atom stereocenters. The first-order chi connectivity index (χ1) is 13.7. The topological polar surface area (TPSA) is 77.1 Å². The second kappa shape index (κ2) is 17.3. The lowest BCUT2D eigenvalue weighted by molar-refractivity contribution is -0.870. The third kappa shape index (κ3) is 20.6. The molecule has 0 saturated carbocycles. The molecule has 0 aliphatic rings. The minimum Gasteiger partial charge on any atom is -0.756 e. The van der Waals surface area contributed by atoms with Crippen molar-refractivity contribution in [3.8, 4) is 0 Å². The maximum Gasteiger partial charge on any atom is 0.268 e. The minimum absolute atomic E-state index is 0.0832. The average molecular weight is 438 g/mol.